The first-order valence-electron chi connectivity index (χ1n) is 26.4. The minimum absolute atomic E-state index is 0.00668. The highest BCUT2D eigenvalue weighted by molar-refractivity contribution is 6.11. The number of ketones is 1. The lowest BCUT2D eigenvalue weighted by molar-refractivity contribution is -0.327. The van der Waals surface area contributed by atoms with Gasteiger partial charge in [-0.3, -0.25) is 15.6 Å². The number of carbonyl (C=O) groups is 2. The molecule has 13 rings (SSSR count). The zero-order valence-corrected chi connectivity index (χ0v) is 40.5. The van der Waals surface area contributed by atoms with Crippen LogP contribution in [-0.4, -0.2) is 122 Å². The Morgan fingerprint density at radius 2 is 1.73 bits per heavy atom. The van der Waals surface area contributed by atoms with Gasteiger partial charge in [0.25, 0.3) is 0 Å². The van der Waals surface area contributed by atoms with Crippen molar-refractivity contribution in [2.45, 2.75) is 165 Å². The Hall–Kier alpha value is -3.64. The van der Waals surface area contributed by atoms with Gasteiger partial charge in [-0.15, -0.1) is 0 Å². The molecule has 70 heavy (non-hydrogen) atoms. The van der Waals surface area contributed by atoms with Gasteiger partial charge in [-0.25, -0.2) is 4.79 Å². The highest BCUT2D eigenvalue weighted by Crippen LogP contribution is 2.79. The van der Waals surface area contributed by atoms with Gasteiger partial charge in [0.05, 0.1) is 36.3 Å². The number of nitrogens with one attached hydrogen (secondary N) is 2. The van der Waals surface area contributed by atoms with E-state index in [4.69, 9.17) is 18.9 Å². The number of phenolic OH excluding ortho intramolecular Hbond substituents is 2. The molecular weight excluding hydrogens is 897 g/mol. The molecule has 2 aromatic rings. The number of hydrazine groups is 1. The number of allylic oxidation sites excluding steroid dienone is 1. The van der Waals surface area contributed by atoms with Crippen molar-refractivity contribution < 1.29 is 64.3 Å². The number of hydrogen-bond acceptors (Lipinski definition) is 14. The Labute approximate surface area is 407 Å². The maximum Gasteiger partial charge on any atom is 0.335 e. The summed E-state index contributed by atoms with van der Waals surface area (Å²) >= 11 is 0. The van der Waals surface area contributed by atoms with Crippen LogP contribution in [0.1, 0.15) is 142 Å². The van der Waals surface area contributed by atoms with E-state index in [-0.39, 0.29) is 87.5 Å². The standard InChI is InChI=1S/C55H70N2O13/c1-28-39(29(2)60)43(62)41-33(42(28)61)16-31(47(65)66)17-36(41)69-48-44(63)46(64)55(38(21-59)70-48)19-35-40-30(23-68-55)6-7-34(40)53(14-15-58)27-67-22-32-18-50-25-52(20-37(50)56-57-54(35,26-50)45(32)53)11-5-10-51(52)13-12-49(24-51)8-3-4-9-49/h7,16-17,32,35,37-38,44-46,48,56-59,61-64H,3-6,8-15,18-27H2,1-2H3,(H,65,66). The number of fused-ring (bicyclic) bond motifs is 3. The zero-order chi connectivity index (χ0) is 48.5. The Morgan fingerprint density at radius 3 is 2.49 bits per heavy atom. The van der Waals surface area contributed by atoms with Crippen LogP contribution >= 0.6 is 0 Å². The molecule has 2 bridgehead atoms. The van der Waals surface area contributed by atoms with Crippen LogP contribution in [0.2, 0.25) is 0 Å². The number of Topliss-reactive ketones (excluding diaryl/α,β-unsaturated/α-hetero) is 1. The van der Waals surface area contributed by atoms with Crippen LogP contribution in [0.5, 0.6) is 17.2 Å². The molecule has 4 aliphatic heterocycles. The van der Waals surface area contributed by atoms with Gasteiger partial charge in [-0.05, 0) is 166 Å². The third-order valence-corrected chi connectivity index (χ3v) is 21.9. The SMILES string of the molecule is CC(=O)c1c(C)c(O)c2cc(C(=O)O)cc(OC3OC(CO)C4(CC5C6=C(CC=C6C6(CCO)COCC7CC89CC5(NNC8CC5(CCCC58CCC5(CCCC5)C8)C9)C76)CO4)C(O)C3O)c2c1O. The summed E-state index contributed by atoms with van der Waals surface area (Å²) in [7, 11) is 0. The molecule has 4 heterocycles. The van der Waals surface area contributed by atoms with Gasteiger partial charge in [0.2, 0.25) is 6.29 Å². The van der Waals surface area contributed by atoms with E-state index >= 15 is 0 Å². The summed E-state index contributed by atoms with van der Waals surface area (Å²) in [6.07, 6.45) is 14.9. The molecule has 15 nitrogen and oxygen atoms in total. The smallest absolute Gasteiger partial charge is 0.335 e. The number of carbonyl (C=O) groups excluding carboxylic acids is 1. The number of benzene rings is 2. The Morgan fingerprint density at radius 1 is 0.929 bits per heavy atom. The Balaban J connectivity index is 0.892. The topological polar surface area (TPSA) is 237 Å². The summed E-state index contributed by atoms with van der Waals surface area (Å²) in [5.74, 6) is -3.26. The second kappa shape index (κ2) is 15.5. The minimum Gasteiger partial charge on any atom is -0.507 e. The van der Waals surface area contributed by atoms with Crippen molar-refractivity contribution in [3.63, 3.8) is 0 Å². The van der Waals surface area contributed by atoms with Crippen LogP contribution in [0.15, 0.2) is 34.9 Å². The molecule has 6 spiro atoms. The summed E-state index contributed by atoms with van der Waals surface area (Å²) in [6, 6.07) is 2.54. The molecule has 15 heteroatoms. The van der Waals surface area contributed by atoms with Gasteiger partial charge in [0.15, 0.2) is 5.78 Å². The van der Waals surface area contributed by atoms with Crippen LogP contribution in [0.25, 0.3) is 10.8 Å². The Bertz CT molecular complexity index is 2650. The van der Waals surface area contributed by atoms with Gasteiger partial charge in [-0.1, -0.05) is 25.3 Å². The predicted molar refractivity (Wildman–Crippen MR) is 253 cm³/mol. The fourth-order valence-corrected chi connectivity index (χ4v) is 19.5. The number of aromatic carboxylic acids is 1. The Kier molecular flexibility index (Phi) is 10.2. The van der Waals surface area contributed by atoms with E-state index in [2.05, 4.69) is 16.9 Å². The molecule has 0 amide bonds. The highest BCUT2D eigenvalue weighted by atomic mass is 16.7. The number of aliphatic hydroxyl groups excluding tert-OH is 4. The van der Waals surface area contributed by atoms with E-state index in [1.165, 1.54) is 95.6 Å². The number of phenols is 2. The van der Waals surface area contributed by atoms with Gasteiger partial charge in [0, 0.05) is 47.1 Å². The number of rotatable bonds is 7. The van der Waals surface area contributed by atoms with Gasteiger partial charge in [0.1, 0.15) is 41.2 Å². The molecule has 2 aromatic carbocycles. The predicted octanol–water partition coefficient (Wildman–Crippen LogP) is 6.02. The van der Waals surface area contributed by atoms with E-state index in [0.29, 0.717) is 36.9 Å². The second-order valence-electron chi connectivity index (χ2n) is 24.7. The quantitative estimate of drug-likeness (QED) is 0.114. The largest absolute Gasteiger partial charge is 0.507 e. The van der Waals surface area contributed by atoms with Crippen molar-refractivity contribution in [3.05, 3.63) is 51.6 Å². The number of aromatic hydroxyl groups is 2. The van der Waals surface area contributed by atoms with Crippen molar-refractivity contribution in [2.75, 3.05) is 33.0 Å². The molecule has 7 aliphatic carbocycles. The summed E-state index contributed by atoms with van der Waals surface area (Å²) in [5, 5.41) is 80.2. The van der Waals surface area contributed by atoms with Crippen LogP contribution in [0.4, 0.5) is 0 Å². The lowest BCUT2D eigenvalue weighted by atomic mass is 9.39. The maximum atomic E-state index is 12.8. The third kappa shape index (κ3) is 5.84. The van der Waals surface area contributed by atoms with E-state index in [1.54, 1.807) is 0 Å². The number of hydrogen-bond donors (Lipinski definition) is 9. The molecule has 0 aromatic heterocycles. The van der Waals surface area contributed by atoms with Crippen molar-refractivity contribution in [3.8, 4) is 17.2 Å². The molecule has 378 valence electrons. The highest BCUT2D eigenvalue weighted by Gasteiger charge is 2.77. The van der Waals surface area contributed by atoms with Gasteiger partial charge in [-0.2, -0.15) is 0 Å². The molecular formula is C55H70N2O13. The van der Waals surface area contributed by atoms with Crippen LogP contribution in [0.3, 0.4) is 0 Å². The first kappa shape index (κ1) is 46.2. The fourth-order valence-electron chi connectivity index (χ4n) is 19.5. The normalized spacial score (nSPS) is 44.0. The summed E-state index contributed by atoms with van der Waals surface area (Å²) < 4.78 is 26.6. The average molecular weight is 967 g/mol. The van der Waals surface area contributed by atoms with E-state index < -0.39 is 71.0 Å². The lowest BCUT2D eigenvalue weighted by Gasteiger charge is -2.71. The summed E-state index contributed by atoms with van der Waals surface area (Å²) in [5.41, 5.74) is 9.60. The van der Waals surface area contributed by atoms with Gasteiger partial charge >= 0.3 is 5.97 Å². The summed E-state index contributed by atoms with van der Waals surface area (Å²) in [4.78, 5) is 25.2. The molecule has 11 aliphatic rings. The second-order valence-corrected chi connectivity index (χ2v) is 24.7. The number of aliphatic hydroxyl groups is 4. The monoisotopic (exact) mass is 966 g/mol. The molecule has 3 saturated heterocycles. The van der Waals surface area contributed by atoms with Crippen molar-refractivity contribution >= 4 is 22.5 Å². The summed E-state index contributed by atoms with van der Waals surface area (Å²) in [6.45, 7) is 3.26. The first-order valence-corrected chi connectivity index (χ1v) is 26.4. The first-order chi connectivity index (χ1) is 33.5. The van der Waals surface area contributed by atoms with Crippen LogP contribution in [-0.2, 0) is 14.2 Å². The van der Waals surface area contributed by atoms with Crippen LogP contribution < -0.4 is 15.6 Å². The van der Waals surface area contributed by atoms with Crippen molar-refractivity contribution in [1.29, 1.82) is 0 Å². The number of carboxylic acid groups (broad SMARTS) is 1. The lowest BCUT2D eigenvalue weighted by Crippen LogP contribution is -2.81. The molecule has 9 fully saturated rings. The molecule has 0 radical (unpaired) electrons. The molecule has 14 atom stereocenters. The van der Waals surface area contributed by atoms with Crippen molar-refractivity contribution in [1.82, 2.24) is 10.9 Å². The number of ether oxygens (including phenoxy) is 4. The molecule has 9 N–H and O–H groups in total. The number of carboxylic acids is 1. The van der Waals surface area contributed by atoms with E-state index in [9.17, 15) is 45.3 Å². The zero-order valence-electron chi connectivity index (χ0n) is 40.5. The fraction of sp³-hybridized carbons (Fsp3) is 0.709. The third-order valence-electron chi connectivity index (χ3n) is 21.9. The van der Waals surface area contributed by atoms with Crippen LogP contribution in [0, 0.1) is 51.8 Å². The minimum atomic E-state index is -1.82. The van der Waals surface area contributed by atoms with E-state index in [0.717, 1.165) is 37.0 Å². The maximum absolute atomic E-state index is 12.8. The van der Waals surface area contributed by atoms with E-state index in [1.807, 2.05) is 0 Å². The average Bonchev–Trinajstić information content (AvgIpc) is 4.16. The molecule has 6 saturated carbocycles. The van der Waals surface area contributed by atoms with Crippen molar-refractivity contribution in [2.24, 2.45) is 44.8 Å². The molecule has 14 unspecified atom stereocenters. The van der Waals surface area contributed by atoms with Gasteiger partial charge < -0.3 is 54.7 Å².